The number of esters is 1. The summed E-state index contributed by atoms with van der Waals surface area (Å²) >= 11 is 1.77. The number of urea groups is 1. The van der Waals surface area contributed by atoms with Crippen molar-refractivity contribution in [1.82, 2.24) is 10.6 Å². The van der Waals surface area contributed by atoms with Gasteiger partial charge < -0.3 is 35.8 Å². The molecule has 10 nitrogen and oxygen atoms in total. The van der Waals surface area contributed by atoms with Gasteiger partial charge in [-0.3, -0.25) is 9.59 Å². The van der Waals surface area contributed by atoms with Gasteiger partial charge in [0, 0.05) is 17.4 Å². The highest BCUT2D eigenvalue weighted by atomic mass is 32.2. The molecule has 6 atom stereocenters. The first-order chi connectivity index (χ1) is 12.9. The molecule has 0 unspecified atom stereocenters. The molecule has 0 bridgehead atoms. The first kappa shape index (κ1) is 21.9. The van der Waals surface area contributed by atoms with Gasteiger partial charge in [-0.1, -0.05) is 6.42 Å². The number of aliphatic hydroxyl groups excluding tert-OH is 4. The second-order valence-corrected chi connectivity index (χ2v) is 7.92. The Labute approximate surface area is 160 Å². The van der Waals surface area contributed by atoms with Crippen LogP contribution in [0.5, 0.6) is 0 Å². The molecule has 2 fully saturated rings. The summed E-state index contributed by atoms with van der Waals surface area (Å²) in [4.78, 5) is 34.9. The van der Waals surface area contributed by atoms with E-state index in [1.54, 1.807) is 11.8 Å². The molecule has 2 heterocycles. The minimum Gasteiger partial charge on any atom is -0.451 e. The van der Waals surface area contributed by atoms with Crippen LogP contribution in [0.3, 0.4) is 0 Å². The van der Waals surface area contributed by atoms with E-state index in [4.69, 9.17) is 14.9 Å². The van der Waals surface area contributed by atoms with Crippen LogP contribution in [0.1, 0.15) is 25.7 Å². The van der Waals surface area contributed by atoms with Gasteiger partial charge in [-0.2, -0.15) is 11.8 Å². The standard InChI is InChI=1S/C16H26N2O8S/c19-5-9(21)14(24)15(10(22)6-20)26-12(23)4-2-1-3-11-13-8(7-27-11)17-16(25)18-13/h8-9,11,13-15,19-21,24H,1-7H2,(H2,17,18,25)/t8-,9+,11-,13-,14+,15+/m0/s1. The average Bonchev–Trinajstić information content (AvgIpc) is 3.20. The van der Waals surface area contributed by atoms with Crippen LogP contribution in [0.25, 0.3) is 0 Å². The first-order valence-corrected chi connectivity index (χ1v) is 9.91. The Morgan fingerprint density at radius 2 is 1.96 bits per heavy atom. The molecule has 154 valence electrons. The lowest BCUT2D eigenvalue weighted by Gasteiger charge is -2.24. The fourth-order valence-electron chi connectivity index (χ4n) is 3.18. The maximum atomic E-state index is 11.9. The lowest BCUT2D eigenvalue weighted by molar-refractivity contribution is -0.169. The number of carbonyl (C=O) groups is 3. The molecule has 2 aliphatic rings. The third-order valence-corrected chi connectivity index (χ3v) is 6.19. The van der Waals surface area contributed by atoms with E-state index in [-0.39, 0.29) is 29.8 Å². The Kier molecular flexibility index (Phi) is 8.29. The third-order valence-electron chi connectivity index (χ3n) is 4.68. The van der Waals surface area contributed by atoms with Crippen molar-refractivity contribution in [3.8, 4) is 0 Å². The average molecular weight is 406 g/mol. The molecule has 11 heteroatoms. The molecular formula is C16H26N2O8S. The van der Waals surface area contributed by atoms with Crippen LogP contribution in [0.2, 0.25) is 0 Å². The van der Waals surface area contributed by atoms with E-state index in [1.807, 2.05) is 0 Å². The lowest BCUT2D eigenvalue weighted by atomic mass is 10.0. The molecule has 0 spiro atoms. The summed E-state index contributed by atoms with van der Waals surface area (Å²) in [6.45, 7) is -1.78. The molecule has 2 amide bonds. The zero-order valence-electron chi connectivity index (χ0n) is 14.7. The summed E-state index contributed by atoms with van der Waals surface area (Å²) in [5, 5.41) is 43.0. The molecule has 2 rings (SSSR count). The topological polar surface area (TPSA) is 165 Å². The first-order valence-electron chi connectivity index (χ1n) is 8.86. The summed E-state index contributed by atoms with van der Waals surface area (Å²) in [6, 6.07) is 0.0837. The number of thioether (sulfide) groups is 1. The van der Waals surface area contributed by atoms with Gasteiger partial charge in [0.05, 0.1) is 18.7 Å². The number of hydrogen-bond acceptors (Lipinski definition) is 9. The summed E-state index contributed by atoms with van der Waals surface area (Å²) in [5.41, 5.74) is 0. The Hall–Kier alpha value is -1.40. The number of fused-ring (bicyclic) bond motifs is 1. The van der Waals surface area contributed by atoms with Crippen LogP contribution in [-0.2, 0) is 14.3 Å². The summed E-state index contributed by atoms with van der Waals surface area (Å²) < 4.78 is 4.90. The highest BCUT2D eigenvalue weighted by molar-refractivity contribution is 8.00. The molecule has 0 aliphatic carbocycles. The predicted molar refractivity (Wildman–Crippen MR) is 95.0 cm³/mol. The van der Waals surface area contributed by atoms with Crippen molar-refractivity contribution in [2.75, 3.05) is 19.0 Å². The number of aliphatic hydroxyl groups is 4. The van der Waals surface area contributed by atoms with E-state index in [9.17, 15) is 24.6 Å². The molecule has 0 aromatic rings. The number of carbonyl (C=O) groups excluding carboxylic acids is 3. The number of rotatable bonds is 11. The van der Waals surface area contributed by atoms with Gasteiger partial charge in [0.15, 0.2) is 6.10 Å². The van der Waals surface area contributed by atoms with Crippen molar-refractivity contribution >= 4 is 29.5 Å². The van der Waals surface area contributed by atoms with E-state index in [0.717, 1.165) is 12.2 Å². The Balaban J connectivity index is 1.72. The van der Waals surface area contributed by atoms with Crippen LogP contribution in [-0.4, -0.2) is 92.8 Å². The van der Waals surface area contributed by atoms with Crippen molar-refractivity contribution in [3.05, 3.63) is 0 Å². The van der Waals surface area contributed by atoms with Gasteiger partial charge in [-0.05, 0) is 12.8 Å². The predicted octanol–water partition coefficient (Wildman–Crippen LogP) is -2.10. The van der Waals surface area contributed by atoms with E-state index in [2.05, 4.69) is 10.6 Å². The van der Waals surface area contributed by atoms with Crippen LogP contribution in [0, 0.1) is 0 Å². The molecule has 6 N–H and O–H groups in total. The van der Waals surface area contributed by atoms with Gasteiger partial charge in [0.25, 0.3) is 0 Å². The highest BCUT2D eigenvalue weighted by Crippen LogP contribution is 2.33. The number of ketones is 1. The van der Waals surface area contributed by atoms with Gasteiger partial charge in [-0.25, -0.2) is 4.79 Å². The van der Waals surface area contributed by atoms with Crippen LogP contribution in [0.15, 0.2) is 0 Å². The van der Waals surface area contributed by atoms with E-state index in [0.29, 0.717) is 12.8 Å². The number of nitrogens with one attached hydrogen (secondary N) is 2. The van der Waals surface area contributed by atoms with Crippen molar-refractivity contribution < 1.29 is 39.5 Å². The second kappa shape index (κ2) is 10.2. The minimum atomic E-state index is -1.82. The zero-order valence-corrected chi connectivity index (χ0v) is 15.6. The Morgan fingerprint density at radius 3 is 2.63 bits per heavy atom. The fourth-order valence-corrected chi connectivity index (χ4v) is 4.73. The van der Waals surface area contributed by atoms with Crippen molar-refractivity contribution in [2.45, 2.75) is 61.3 Å². The quantitative estimate of drug-likeness (QED) is 0.128. The SMILES string of the molecule is O=C1N[C@H]2[C@H](CS[C@H]2CCCCC(=O)O[C@H](C(=O)CO)[C@H](O)[C@H](O)CO)N1. The largest absolute Gasteiger partial charge is 0.451 e. The van der Waals surface area contributed by atoms with Crippen LogP contribution in [0.4, 0.5) is 4.79 Å². The molecule has 0 saturated carbocycles. The number of hydrogen-bond donors (Lipinski definition) is 6. The fraction of sp³-hybridized carbons (Fsp3) is 0.812. The van der Waals surface area contributed by atoms with Crippen LogP contribution >= 0.6 is 11.8 Å². The van der Waals surface area contributed by atoms with Crippen molar-refractivity contribution in [1.29, 1.82) is 0 Å². The zero-order chi connectivity index (χ0) is 20.0. The number of ether oxygens (including phenoxy) is 1. The van der Waals surface area contributed by atoms with Crippen molar-refractivity contribution in [3.63, 3.8) is 0 Å². The van der Waals surface area contributed by atoms with E-state index in [1.165, 1.54) is 0 Å². The lowest BCUT2D eigenvalue weighted by Crippen LogP contribution is -2.47. The number of Topliss-reactive ketones (excluding diaryl/α,β-unsaturated/α-hetero) is 1. The maximum Gasteiger partial charge on any atom is 0.315 e. The second-order valence-electron chi connectivity index (χ2n) is 6.64. The van der Waals surface area contributed by atoms with E-state index < -0.39 is 43.3 Å². The van der Waals surface area contributed by atoms with Gasteiger partial charge in [0.2, 0.25) is 5.78 Å². The Bertz CT molecular complexity index is 549. The third kappa shape index (κ3) is 5.79. The molecular weight excluding hydrogens is 380 g/mol. The van der Waals surface area contributed by atoms with Crippen LogP contribution < -0.4 is 10.6 Å². The van der Waals surface area contributed by atoms with Gasteiger partial charge in [0.1, 0.15) is 18.8 Å². The van der Waals surface area contributed by atoms with Crippen molar-refractivity contribution in [2.24, 2.45) is 0 Å². The molecule has 2 saturated heterocycles. The molecule has 2 aliphatic heterocycles. The minimum absolute atomic E-state index is 0.00718. The monoisotopic (exact) mass is 406 g/mol. The normalized spacial score (nSPS) is 27.3. The van der Waals surface area contributed by atoms with Gasteiger partial charge >= 0.3 is 12.0 Å². The van der Waals surface area contributed by atoms with Gasteiger partial charge in [-0.15, -0.1) is 0 Å². The smallest absolute Gasteiger partial charge is 0.315 e. The molecule has 27 heavy (non-hydrogen) atoms. The number of unbranched alkanes of at least 4 members (excludes halogenated alkanes) is 1. The Morgan fingerprint density at radius 1 is 1.22 bits per heavy atom. The summed E-state index contributed by atoms with van der Waals surface area (Å²) in [6.07, 6.45) is -3.18. The molecule has 0 aromatic heterocycles. The molecule has 0 radical (unpaired) electrons. The highest BCUT2D eigenvalue weighted by Gasteiger charge is 2.42. The summed E-state index contributed by atoms with van der Waals surface area (Å²) in [7, 11) is 0. The number of amides is 2. The van der Waals surface area contributed by atoms with E-state index >= 15 is 0 Å². The maximum absolute atomic E-state index is 11.9. The summed E-state index contributed by atoms with van der Waals surface area (Å²) in [5.74, 6) is -0.841. The molecule has 0 aromatic carbocycles.